The number of amidine groups is 1. The second kappa shape index (κ2) is 9.89. The summed E-state index contributed by atoms with van der Waals surface area (Å²) >= 11 is 6.35. The average Bonchev–Trinajstić information content (AvgIpc) is 3.19. The zero-order chi connectivity index (χ0) is 24.2. The Labute approximate surface area is 202 Å². The second-order valence-electron chi connectivity index (χ2n) is 7.25. The van der Waals surface area contributed by atoms with E-state index in [1.165, 1.54) is 33.3 Å². The Morgan fingerprint density at radius 1 is 0.824 bits per heavy atom. The summed E-state index contributed by atoms with van der Waals surface area (Å²) < 4.78 is 21.5. The molecule has 0 aromatic heterocycles. The summed E-state index contributed by atoms with van der Waals surface area (Å²) in [4.78, 5) is 19.8. The zero-order valence-corrected chi connectivity index (χ0v) is 19.9. The van der Waals surface area contributed by atoms with Crippen molar-refractivity contribution in [1.82, 2.24) is 0 Å². The molecule has 0 unspecified atom stereocenters. The summed E-state index contributed by atoms with van der Waals surface area (Å²) in [6.07, 6.45) is 1.68. The summed E-state index contributed by atoms with van der Waals surface area (Å²) in [6, 6.07) is 18.2. The van der Waals surface area contributed by atoms with Crippen LogP contribution in [0.5, 0.6) is 23.0 Å². The van der Waals surface area contributed by atoms with Gasteiger partial charge in [0.1, 0.15) is 17.3 Å². The molecule has 0 fully saturated rings. The van der Waals surface area contributed by atoms with Gasteiger partial charge in [-0.05, 0) is 42.0 Å². The molecule has 1 aliphatic rings. The highest BCUT2D eigenvalue weighted by Gasteiger charge is 2.33. The van der Waals surface area contributed by atoms with Gasteiger partial charge in [0, 0.05) is 5.56 Å². The Morgan fingerprint density at radius 2 is 1.47 bits per heavy atom. The molecule has 1 amide bonds. The van der Waals surface area contributed by atoms with E-state index in [0.717, 1.165) is 5.56 Å². The third-order valence-electron chi connectivity index (χ3n) is 5.28. The van der Waals surface area contributed by atoms with Gasteiger partial charge in [0.2, 0.25) is 5.75 Å². The molecule has 0 atom stereocenters. The molecule has 0 radical (unpaired) electrons. The van der Waals surface area contributed by atoms with Crippen LogP contribution in [-0.2, 0) is 4.79 Å². The van der Waals surface area contributed by atoms with E-state index in [1.807, 2.05) is 30.3 Å². The molecule has 0 N–H and O–H groups in total. The molecule has 3 aromatic carbocycles. The van der Waals surface area contributed by atoms with Gasteiger partial charge >= 0.3 is 0 Å². The minimum absolute atomic E-state index is 0.250. The van der Waals surface area contributed by atoms with Crippen LogP contribution in [0.25, 0.3) is 6.08 Å². The molecule has 7 nitrogen and oxygen atoms in total. The largest absolute Gasteiger partial charge is 0.495 e. The number of methoxy groups -OCH3 is 4. The zero-order valence-electron chi connectivity index (χ0n) is 19.2. The predicted molar refractivity (Wildman–Crippen MR) is 133 cm³/mol. The molecule has 0 spiro atoms. The van der Waals surface area contributed by atoms with E-state index >= 15 is 0 Å². The molecule has 0 saturated heterocycles. The lowest BCUT2D eigenvalue weighted by atomic mass is 10.1. The Bertz CT molecular complexity index is 1260. The summed E-state index contributed by atoms with van der Waals surface area (Å²) in [5.41, 5.74) is 2.28. The summed E-state index contributed by atoms with van der Waals surface area (Å²) in [5.74, 6) is 2.13. The number of carbonyl (C=O) groups excluding carboxylic acids is 1. The van der Waals surface area contributed by atoms with Crippen LogP contribution < -0.4 is 23.8 Å². The number of aliphatic imine (C=N–C) groups is 1. The van der Waals surface area contributed by atoms with Gasteiger partial charge in [-0.1, -0.05) is 41.9 Å². The molecule has 1 aliphatic heterocycles. The molecule has 4 rings (SSSR count). The lowest BCUT2D eigenvalue weighted by Gasteiger charge is -2.19. The van der Waals surface area contributed by atoms with Gasteiger partial charge in [-0.25, -0.2) is 4.99 Å². The SMILES string of the molecule is COc1ccc(N2C(=O)C(=Cc3cc(OC)c(OC)c(OC)c3)N=C2c2ccccc2)cc1Cl. The van der Waals surface area contributed by atoms with Crippen molar-refractivity contribution in [3.05, 3.63) is 82.5 Å². The fourth-order valence-electron chi connectivity index (χ4n) is 3.67. The van der Waals surface area contributed by atoms with E-state index in [9.17, 15) is 4.79 Å². The minimum atomic E-state index is -0.297. The maximum atomic E-state index is 13.6. The maximum absolute atomic E-state index is 13.6. The molecule has 3 aromatic rings. The smallest absolute Gasteiger partial charge is 0.282 e. The van der Waals surface area contributed by atoms with Crippen molar-refractivity contribution >= 4 is 35.1 Å². The Kier molecular flexibility index (Phi) is 6.75. The standard InChI is InChI=1S/C26H23ClN2O5/c1-31-21-11-10-18(15-19(21)27)29-25(17-8-6-5-7-9-17)28-20(26(29)30)12-16-13-22(32-2)24(34-4)23(14-16)33-3/h5-15H,1-4H3. The Morgan fingerprint density at radius 3 is 2.03 bits per heavy atom. The molecule has 0 aliphatic carbocycles. The van der Waals surface area contributed by atoms with Crippen LogP contribution in [0.4, 0.5) is 5.69 Å². The highest BCUT2D eigenvalue weighted by Crippen LogP contribution is 2.39. The van der Waals surface area contributed by atoms with Crippen molar-refractivity contribution in [2.24, 2.45) is 4.99 Å². The number of hydrogen-bond donors (Lipinski definition) is 0. The number of amides is 1. The lowest BCUT2D eigenvalue weighted by molar-refractivity contribution is -0.113. The van der Waals surface area contributed by atoms with Crippen LogP contribution in [0.2, 0.25) is 5.02 Å². The van der Waals surface area contributed by atoms with Crippen molar-refractivity contribution < 1.29 is 23.7 Å². The molecule has 174 valence electrons. The molecular formula is C26H23ClN2O5. The van der Waals surface area contributed by atoms with Gasteiger partial charge in [-0.3, -0.25) is 9.69 Å². The maximum Gasteiger partial charge on any atom is 0.282 e. The summed E-state index contributed by atoms with van der Waals surface area (Å²) in [7, 11) is 6.15. The van der Waals surface area contributed by atoms with Gasteiger partial charge in [-0.2, -0.15) is 0 Å². The van der Waals surface area contributed by atoms with E-state index in [1.54, 1.807) is 36.4 Å². The van der Waals surface area contributed by atoms with E-state index in [-0.39, 0.29) is 11.6 Å². The van der Waals surface area contributed by atoms with Gasteiger partial charge in [0.25, 0.3) is 5.91 Å². The van der Waals surface area contributed by atoms with E-state index < -0.39 is 0 Å². The average molecular weight is 479 g/mol. The van der Waals surface area contributed by atoms with Crippen molar-refractivity contribution in [2.75, 3.05) is 33.3 Å². The van der Waals surface area contributed by atoms with Crippen LogP contribution in [0, 0.1) is 0 Å². The van der Waals surface area contributed by atoms with Gasteiger partial charge in [-0.15, -0.1) is 0 Å². The number of benzene rings is 3. The summed E-state index contributed by atoms with van der Waals surface area (Å²) in [5, 5.41) is 0.391. The number of anilines is 1. The van der Waals surface area contributed by atoms with Crippen LogP contribution in [0.15, 0.2) is 71.4 Å². The normalized spacial score (nSPS) is 14.3. The lowest BCUT2D eigenvalue weighted by Crippen LogP contribution is -2.32. The Hall–Kier alpha value is -3.97. The van der Waals surface area contributed by atoms with Crippen LogP contribution in [0.3, 0.4) is 0 Å². The number of carbonyl (C=O) groups is 1. The first-order chi connectivity index (χ1) is 16.5. The van der Waals surface area contributed by atoms with Crippen LogP contribution in [0.1, 0.15) is 11.1 Å². The highest BCUT2D eigenvalue weighted by atomic mass is 35.5. The van der Waals surface area contributed by atoms with Crippen molar-refractivity contribution in [3.8, 4) is 23.0 Å². The molecule has 8 heteroatoms. The molecule has 1 heterocycles. The number of ether oxygens (including phenoxy) is 4. The quantitative estimate of drug-likeness (QED) is 0.436. The number of nitrogens with zero attached hydrogens (tertiary/aromatic N) is 2. The third kappa shape index (κ3) is 4.30. The molecular weight excluding hydrogens is 456 g/mol. The first-order valence-electron chi connectivity index (χ1n) is 10.3. The van der Waals surface area contributed by atoms with Crippen LogP contribution in [-0.4, -0.2) is 40.2 Å². The van der Waals surface area contributed by atoms with Crippen molar-refractivity contribution in [3.63, 3.8) is 0 Å². The fourth-order valence-corrected chi connectivity index (χ4v) is 3.93. The second-order valence-corrected chi connectivity index (χ2v) is 7.66. The Balaban J connectivity index is 1.84. The first-order valence-corrected chi connectivity index (χ1v) is 10.7. The predicted octanol–water partition coefficient (Wildman–Crippen LogP) is 5.21. The van der Waals surface area contributed by atoms with E-state index in [4.69, 9.17) is 30.5 Å². The van der Waals surface area contributed by atoms with Gasteiger partial charge in [0.15, 0.2) is 11.5 Å². The number of rotatable bonds is 7. The van der Waals surface area contributed by atoms with Crippen LogP contribution >= 0.6 is 11.6 Å². The fraction of sp³-hybridized carbons (Fsp3) is 0.154. The molecule has 34 heavy (non-hydrogen) atoms. The number of halogens is 1. The van der Waals surface area contributed by atoms with E-state index in [2.05, 4.69) is 4.99 Å². The topological polar surface area (TPSA) is 69.6 Å². The number of hydrogen-bond acceptors (Lipinski definition) is 6. The summed E-state index contributed by atoms with van der Waals surface area (Å²) in [6.45, 7) is 0. The van der Waals surface area contributed by atoms with Crippen molar-refractivity contribution in [2.45, 2.75) is 0 Å². The highest BCUT2D eigenvalue weighted by molar-refractivity contribution is 6.35. The van der Waals surface area contributed by atoms with Gasteiger partial charge < -0.3 is 18.9 Å². The molecule has 0 saturated carbocycles. The van der Waals surface area contributed by atoms with Gasteiger partial charge in [0.05, 0.1) is 39.1 Å². The minimum Gasteiger partial charge on any atom is -0.495 e. The third-order valence-corrected chi connectivity index (χ3v) is 5.57. The van der Waals surface area contributed by atoms with Crippen molar-refractivity contribution in [1.29, 1.82) is 0 Å². The van der Waals surface area contributed by atoms with E-state index in [0.29, 0.717) is 45.1 Å². The molecule has 0 bridgehead atoms. The first kappa shape index (κ1) is 23.2. The monoisotopic (exact) mass is 478 g/mol.